The highest BCUT2D eigenvalue weighted by molar-refractivity contribution is 6.00. The zero-order chi connectivity index (χ0) is 16.7. The van der Waals surface area contributed by atoms with E-state index < -0.39 is 0 Å². The van der Waals surface area contributed by atoms with Gasteiger partial charge in [0.1, 0.15) is 0 Å². The molecule has 23 heavy (non-hydrogen) atoms. The maximum Gasteiger partial charge on any atom is 0.227 e. The van der Waals surface area contributed by atoms with Crippen molar-refractivity contribution >= 4 is 17.5 Å². The second kappa shape index (κ2) is 8.70. The average molecular weight is 316 g/mol. The van der Waals surface area contributed by atoms with Gasteiger partial charge in [-0.05, 0) is 25.5 Å². The van der Waals surface area contributed by atoms with E-state index in [9.17, 15) is 9.59 Å². The number of anilines is 1. The molecule has 0 aromatic heterocycles. The van der Waals surface area contributed by atoms with Crippen LogP contribution in [0.15, 0.2) is 30.3 Å². The van der Waals surface area contributed by atoms with Gasteiger partial charge in [-0.2, -0.15) is 0 Å². The van der Waals surface area contributed by atoms with Crippen LogP contribution in [0.2, 0.25) is 0 Å². The van der Waals surface area contributed by atoms with E-state index >= 15 is 0 Å². The molecule has 0 aliphatic carbocycles. The van der Waals surface area contributed by atoms with E-state index in [1.807, 2.05) is 30.3 Å². The van der Waals surface area contributed by atoms with Crippen molar-refractivity contribution in [1.82, 2.24) is 5.32 Å². The van der Waals surface area contributed by atoms with E-state index in [0.29, 0.717) is 13.0 Å². The third-order valence-electron chi connectivity index (χ3n) is 4.44. The normalized spacial score (nSPS) is 19.0. The maximum absolute atomic E-state index is 12.4. The number of nitrogens with one attached hydrogen (secondary N) is 1. The first-order valence-electron chi connectivity index (χ1n) is 8.77. The number of para-hydroxylation sites is 1. The van der Waals surface area contributed by atoms with E-state index in [2.05, 4.69) is 19.2 Å². The smallest absolute Gasteiger partial charge is 0.227 e. The second-order valence-corrected chi connectivity index (χ2v) is 6.50. The number of hydrogen-bond donors (Lipinski definition) is 1. The quantitative estimate of drug-likeness (QED) is 0.746. The van der Waals surface area contributed by atoms with Crippen LogP contribution >= 0.6 is 0 Å². The Balaban J connectivity index is 1.81. The molecule has 1 heterocycles. The van der Waals surface area contributed by atoms with Crippen molar-refractivity contribution in [2.45, 2.75) is 58.4 Å². The molecule has 2 rings (SSSR count). The fourth-order valence-electron chi connectivity index (χ4n) is 3.05. The van der Waals surface area contributed by atoms with Crippen LogP contribution in [0.25, 0.3) is 0 Å². The Morgan fingerprint density at radius 1 is 1.26 bits per heavy atom. The van der Waals surface area contributed by atoms with E-state index in [0.717, 1.165) is 18.5 Å². The molecule has 1 aliphatic heterocycles. The lowest BCUT2D eigenvalue weighted by atomic mass is 10.1. The molecule has 1 aromatic rings. The molecule has 2 amide bonds. The van der Waals surface area contributed by atoms with Crippen LogP contribution in [0.3, 0.4) is 0 Å². The van der Waals surface area contributed by atoms with Crippen molar-refractivity contribution in [2.75, 3.05) is 11.4 Å². The zero-order valence-electron chi connectivity index (χ0n) is 14.3. The molecular formula is C19H28N2O2. The van der Waals surface area contributed by atoms with Gasteiger partial charge in [0, 0.05) is 24.7 Å². The minimum atomic E-state index is -0.235. The number of hydrogen-bond acceptors (Lipinski definition) is 2. The lowest BCUT2D eigenvalue weighted by molar-refractivity contribution is -0.126. The topological polar surface area (TPSA) is 49.4 Å². The van der Waals surface area contributed by atoms with Crippen molar-refractivity contribution in [2.24, 2.45) is 5.92 Å². The monoisotopic (exact) mass is 316 g/mol. The number of unbranched alkanes of at least 4 members (excludes halogenated alkanes) is 3. The minimum Gasteiger partial charge on any atom is -0.353 e. The van der Waals surface area contributed by atoms with Gasteiger partial charge >= 0.3 is 0 Å². The van der Waals surface area contributed by atoms with Gasteiger partial charge in [-0.1, -0.05) is 50.8 Å². The van der Waals surface area contributed by atoms with E-state index in [-0.39, 0.29) is 23.8 Å². The third kappa shape index (κ3) is 5.08. The molecule has 1 saturated heterocycles. The number of benzene rings is 1. The Hall–Kier alpha value is -1.84. The van der Waals surface area contributed by atoms with Gasteiger partial charge in [-0.3, -0.25) is 9.59 Å². The van der Waals surface area contributed by atoms with Gasteiger partial charge < -0.3 is 10.2 Å². The van der Waals surface area contributed by atoms with Gasteiger partial charge in [0.2, 0.25) is 11.8 Å². The first-order valence-corrected chi connectivity index (χ1v) is 8.77. The molecule has 0 spiro atoms. The summed E-state index contributed by atoms with van der Waals surface area (Å²) in [5.74, 6) is -0.187. The van der Waals surface area contributed by atoms with Crippen LogP contribution in [0, 0.1) is 5.92 Å². The Morgan fingerprint density at radius 3 is 2.70 bits per heavy atom. The molecule has 2 atom stereocenters. The van der Waals surface area contributed by atoms with E-state index in [1.165, 1.54) is 19.3 Å². The van der Waals surface area contributed by atoms with Gasteiger partial charge in [0.25, 0.3) is 0 Å². The van der Waals surface area contributed by atoms with Gasteiger partial charge in [0.15, 0.2) is 0 Å². The summed E-state index contributed by atoms with van der Waals surface area (Å²) in [4.78, 5) is 26.3. The van der Waals surface area contributed by atoms with E-state index in [1.54, 1.807) is 4.90 Å². The summed E-state index contributed by atoms with van der Waals surface area (Å²) in [7, 11) is 0. The summed E-state index contributed by atoms with van der Waals surface area (Å²) < 4.78 is 0. The Bertz CT molecular complexity index is 515. The van der Waals surface area contributed by atoms with Gasteiger partial charge in [-0.15, -0.1) is 0 Å². The summed E-state index contributed by atoms with van der Waals surface area (Å²) >= 11 is 0. The van der Waals surface area contributed by atoms with Gasteiger partial charge in [0.05, 0.1) is 5.92 Å². The van der Waals surface area contributed by atoms with Crippen molar-refractivity contribution in [1.29, 1.82) is 0 Å². The van der Waals surface area contributed by atoms with Crippen LogP contribution in [-0.4, -0.2) is 24.4 Å². The first kappa shape index (κ1) is 17.5. The molecular weight excluding hydrogens is 288 g/mol. The molecule has 1 aromatic carbocycles. The molecule has 0 radical (unpaired) electrons. The lowest BCUT2D eigenvalue weighted by Gasteiger charge is -2.18. The van der Waals surface area contributed by atoms with Crippen LogP contribution in [0.1, 0.15) is 52.4 Å². The SMILES string of the molecule is CCCCCC[C@H](C)NC(=O)[C@@H]1CC(=O)N(c2ccccc2)C1. The molecule has 1 fully saturated rings. The highest BCUT2D eigenvalue weighted by Gasteiger charge is 2.35. The summed E-state index contributed by atoms with van der Waals surface area (Å²) in [5.41, 5.74) is 0.875. The summed E-state index contributed by atoms with van der Waals surface area (Å²) in [6.07, 6.45) is 6.16. The zero-order valence-corrected chi connectivity index (χ0v) is 14.3. The van der Waals surface area contributed by atoms with Crippen LogP contribution < -0.4 is 10.2 Å². The maximum atomic E-state index is 12.4. The number of rotatable bonds is 8. The van der Waals surface area contributed by atoms with Crippen LogP contribution in [0.5, 0.6) is 0 Å². The molecule has 126 valence electrons. The molecule has 1 N–H and O–H groups in total. The van der Waals surface area contributed by atoms with Crippen molar-refractivity contribution < 1.29 is 9.59 Å². The number of amides is 2. The fraction of sp³-hybridized carbons (Fsp3) is 0.579. The Morgan fingerprint density at radius 2 is 2.00 bits per heavy atom. The number of carbonyl (C=O) groups excluding carboxylic acids is 2. The first-order chi connectivity index (χ1) is 11.1. The largest absolute Gasteiger partial charge is 0.353 e. The van der Waals surface area contributed by atoms with Gasteiger partial charge in [-0.25, -0.2) is 0 Å². The van der Waals surface area contributed by atoms with Crippen molar-refractivity contribution in [3.63, 3.8) is 0 Å². The summed E-state index contributed by atoms with van der Waals surface area (Å²) in [6.45, 7) is 4.73. The standard InChI is InChI=1S/C19H28N2O2/c1-3-4-5-7-10-15(2)20-19(23)16-13-18(22)21(14-16)17-11-8-6-9-12-17/h6,8-9,11-12,15-16H,3-5,7,10,13-14H2,1-2H3,(H,20,23)/t15-,16+/m0/s1. The number of carbonyl (C=O) groups is 2. The molecule has 0 saturated carbocycles. The molecule has 4 heteroatoms. The molecule has 0 unspecified atom stereocenters. The molecule has 0 bridgehead atoms. The molecule has 1 aliphatic rings. The fourth-order valence-corrected chi connectivity index (χ4v) is 3.05. The second-order valence-electron chi connectivity index (χ2n) is 6.50. The van der Waals surface area contributed by atoms with Crippen LogP contribution in [-0.2, 0) is 9.59 Å². The highest BCUT2D eigenvalue weighted by Crippen LogP contribution is 2.25. The minimum absolute atomic E-state index is 0.0137. The van der Waals surface area contributed by atoms with Crippen LogP contribution in [0.4, 0.5) is 5.69 Å². The lowest BCUT2D eigenvalue weighted by Crippen LogP contribution is -2.38. The van der Waals surface area contributed by atoms with Crippen molar-refractivity contribution in [3.05, 3.63) is 30.3 Å². The predicted molar refractivity (Wildman–Crippen MR) is 93.3 cm³/mol. The Kier molecular flexibility index (Phi) is 6.63. The third-order valence-corrected chi connectivity index (χ3v) is 4.44. The van der Waals surface area contributed by atoms with E-state index in [4.69, 9.17) is 0 Å². The Labute approximate surface area is 139 Å². The molecule has 4 nitrogen and oxygen atoms in total. The predicted octanol–water partition coefficient (Wildman–Crippen LogP) is 3.51. The number of nitrogens with zero attached hydrogens (tertiary/aromatic N) is 1. The van der Waals surface area contributed by atoms with Crippen molar-refractivity contribution in [3.8, 4) is 0 Å². The summed E-state index contributed by atoms with van der Waals surface area (Å²) in [6, 6.07) is 9.75. The highest BCUT2D eigenvalue weighted by atomic mass is 16.2. The average Bonchev–Trinajstić information content (AvgIpc) is 2.94. The summed E-state index contributed by atoms with van der Waals surface area (Å²) in [5, 5.41) is 3.07.